The molecule has 0 unspecified atom stereocenters. The molecule has 1 aromatic rings. The van der Waals surface area contributed by atoms with Gasteiger partial charge < -0.3 is 14.6 Å². The Morgan fingerprint density at radius 2 is 1.43 bits per heavy atom. The summed E-state index contributed by atoms with van der Waals surface area (Å²) in [7, 11) is 0. The van der Waals surface area contributed by atoms with Crippen molar-refractivity contribution in [2.24, 2.45) is 0 Å². The molecule has 0 amide bonds. The van der Waals surface area contributed by atoms with Gasteiger partial charge in [-0.2, -0.15) is 0 Å². The molecule has 116 valence electrons. The highest BCUT2D eigenvalue weighted by molar-refractivity contribution is 5.93. The summed E-state index contributed by atoms with van der Waals surface area (Å²) in [6.45, 7) is 2.28. The molecule has 0 spiro atoms. The third-order valence-corrected chi connectivity index (χ3v) is 2.91. The molecule has 0 saturated carbocycles. The number of hydrogen-bond acceptors (Lipinski definition) is 5. The van der Waals surface area contributed by atoms with Crippen molar-refractivity contribution in [2.45, 2.75) is 32.6 Å². The second kappa shape index (κ2) is 9.94. The molecular formula is C16H22O5. The van der Waals surface area contributed by atoms with Crippen LogP contribution < -0.4 is 0 Å². The molecule has 1 aromatic carbocycles. The summed E-state index contributed by atoms with van der Waals surface area (Å²) in [6, 6.07) is 6.08. The standard InChI is InChI=1S/C16H22O5/c1-2-3-4-5-11-20-15(18)13-6-8-14(9-7-13)16(19)21-12-10-17/h6-9,17H,2-5,10-12H2,1H3. The van der Waals surface area contributed by atoms with E-state index in [2.05, 4.69) is 6.92 Å². The van der Waals surface area contributed by atoms with Gasteiger partial charge in [0.05, 0.1) is 24.3 Å². The van der Waals surface area contributed by atoms with E-state index >= 15 is 0 Å². The molecule has 5 nitrogen and oxygen atoms in total. The highest BCUT2D eigenvalue weighted by Crippen LogP contribution is 2.08. The summed E-state index contributed by atoms with van der Waals surface area (Å²) in [5.74, 6) is -0.912. The first kappa shape index (κ1) is 17.2. The fourth-order valence-corrected chi connectivity index (χ4v) is 1.74. The monoisotopic (exact) mass is 294 g/mol. The molecule has 0 heterocycles. The molecule has 0 aliphatic carbocycles. The molecule has 0 saturated heterocycles. The molecule has 1 N–H and O–H groups in total. The number of carbonyl (C=O) groups excluding carboxylic acids is 2. The second-order valence-corrected chi connectivity index (χ2v) is 4.63. The molecule has 0 aliphatic rings. The Morgan fingerprint density at radius 1 is 0.905 bits per heavy atom. The van der Waals surface area contributed by atoms with E-state index in [0.29, 0.717) is 17.7 Å². The molecule has 0 atom stereocenters. The summed E-state index contributed by atoms with van der Waals surface area (Å²) in [6.07, 6.45) is 4.20. The SMILES string of the molecule is CCCCCCOC(=O)c1ccc(C(=O)OCCO)cc1. The van der Waals surface area contributed by atoms with E-state index in [1.54, 1.807) is 0 Å². The maximum absolute atomic E-state index is 11.8. The van der Waals surface area contributed by atoms with E-state index in [-0.39, 0.29) is 19.2 Å². The molecule has 0 radical (unpaired) electrons. The largest absolute Gasteiger partial charge is 0.462 e. The van der Waals surface area contributed by atoms with Crippen molar-refractivity contribution in [3.8, 4) is 0 Å². The lowest BCUT2D eigenvalue weighted by Crippen LogP contribution is -2.10. The number of aliphatic hydroxyl groups is 1. The van der Waals surface area contributed by atoms with Crippen molar-refractivity contribution < 1.29 is 24.2 Å². The van der Waals surface area contributed by atoms with Crippen LogP contribution >= 0.6 is 0 Å². The van der Waals surface area contributed by atoms with Gasteiger partial charge in [-0.1, -0.05) is 26.2 Å². The maximum Gasteiger partial charge on any atom is 0.338 e. The van der Waals surface area contributed by atoms with Crippen molar-refractivity contribution in [3.05, 3.63) is 35.4 Å². The normalized spacial score (nSPS) is 10.2. The smallest absolute Gasteiger partial charge is 0.338 e. The maximum atomic E-state index is 11.8. The number of hydrogen-bond donors (Lipinski definition) is 1. The minimum absolute atomic E-state index is 0.0413. The summed E-state index contributed by atoms with van der Waals surface area (Å²) in [5, 5.41) is 8.58. The van der Waals surface area contributed by atoms with Gasteiger partial charge in [0.1, 0.15) is 6.61 Å². The predicted molar refractivity (Wildman–Crippen MR) is 78.2 cm³/mol. The van der Waals surface area contributed by atoms with Crippen LogP contribution in [0.5, 0.6) is 0 Å². The molecule has 5 heteroatoms. The third kappa shape index (κ3) is 6.40. The van der Waals surface area contributed by atoms with Gasteiger partial charge in [-0.15, -0.1) is 0 Å². The van der Waals surface area contributed by atoms with Crippen molar-refractivity contribution in [1.29, 1.82) is 0 Å². The Hall–Kier alpha value is -1.88. The topological polar surface area (TPSA) is 72.8 Å². The van der Waals surface area contributed by atoms with Gasteiger partial charge in [0, 0.05) is 0 Å². The van der Waals surface area contributed by atoms with Crippen molar-refractivity contribution >= 4 is 11.9 Å². The second-order valence-electron chi connectivity index (χ2n) is 4.63. The van der Waals surface area contributed by atoms with E-state index < -0.39 is 5.97 Å². The molecule has 1 rings (SSSR count). The Balaban J connectivity index is 2.42. The first-order chi connectivity index (χ1) is 10.2. The van der Waals surface area contributed by atoms with Gasteiger partial charge in [-0.05, 0) is 30.7 Å². The van der Waals surface area contributed by atoms with Gasteiger partial charge in [0.15, 0.2) is 0 Å². The molecule has 0 aromatic heterocycles. The van der Waals surface area contributed by atoms with Crippen LogP contribution in [0.4, 0.5) is 0 Å². The highest BCUT2D eigenvalue weighted by Gasteiger charge is 2.10. The first-order valence-corrected chi connectivity index (χ1v) is 7.24. The van der Waals surface area contributed by atoms with Gasteiger partial charge in [-0.25, -0.2) is 9.59 Å². The van der Waals surface area contributed by atoms with Crippen molar-refractivity contribution in [1.82, 2.24) is 0 Å². The first-order valence-electron chi connectivity index (χ1n) is 7.24. The van der Waals surface area contributed by atoms with Crippen LogP contribution in [0.2, 0.25) is 0 Å². The molecular weight excluding hydrogens is 272 g/mol. The lowest BCUT2D eigenvalue weighted by molar-refractivity contribution is 0.0431. The fraction of sp³-hybridized carbons (Fsp3) is 0.500. The zero-order valence-electron chi connectivity index (χ0n) is 12.3. The van der Waals surface area contributed by atoms with Crippen molar-refractivity contribution in [2.75, 3.05) is 19.8 Å². The number of benzene rings is 1. The summed E-state index contributed by atoms with van der Waals surface area (Å²) < 4.78 is 9.93. The van der Waals surface area contributed by atoms with E-state index in [9.17, 15) is 9.59 Å². The van der Waals surface area contributed by atoms with Gasteiger partial charge >= 0.3 is 11.9 Å². The quantitative estimate of drug-likeness (QED) is 0.560. The Morgan fingerprint density at radius 3 is 1.90 bits per heavy atom. The Bertz CT molecular complexity index is 438. The number of ether oxygens (including phenoxy) is 2. The zero-order valence-corrected chi connectivity index (χ0v) is 12.3. The van der Waals surface area contributed by atoms with Gasteiger partial charge in [0.25, 0.3) is 0 Å². The van der Waals surface area contributed by atoms with Crippen LogP contribution in [0.3, 0.4) is 0 Å². The van der Waals surface area contributed by atoms with Gasteiger partial charge in [0.2, 0.25) is 0 Å². The van der Waals surface area contributed by atoms with Crippen LogP contribution in [0, 0.1) is 0 Å². The van der Waals surface area contributed by atoms with E-state index in [1.165, 1.54) is 24.3 Å². The molecule has 21 heavy (non-hydrogen) atoms. The number of esters is 2. The van der Waals surface area contributed by atoms with E-state index in [0.717, 1.165) is 25.7 Å². The minimum Gasteiger partial charge on any atom is -0.462 e. The van der Waals surface area contributed by atoms with E-state index in [4.69, 9.17) is 14.6 Å². The average Bonchev–Trinajstić information content (AvgIpc) is 2.52. The average molecular weight is 294 g/mol. The number of carbonyl (C=O) groups is 2. The number of rotatable bonds is 9. The molecule has 0 bridgehead atoms. The molecule has 0 fully saturated rings. The predicted octanol–water partition coefficient (Wildman–Crippen LogP) is 2.57. The van der Waals surface area contributed by atoms with Crippen LogP contribution in [-0.2, 0) is 9.47 Å². The fourth-order valence-electron chi connectivity index (χ4n) is 1.74. The summed E-state index contributed by atoms with van der Waals surface area (Å²) in [5.41, 5.74) is 0.743. The zero-order chi connectivity index (χ0) is 15.5. The number of unbranched alkanes of at least 4 members (excludes halogenated alkanes) is 3. The summed E-state index contributed by atoms with van der Waals surface area (Å²) in [4.78, 5) is 23.3. The molecule has 0 aliphatic heterocycles. The third-order valence-electron chi connectivity index (χ3n) is 2.91. The Labute approximate surface area is 124 Å². The highest BCUT2D eigenvalue weighted by atomic mass is 16.5. The van der Waals surface area contributed by atoms with Crippen molar-refractivity contribution in [3.63, 3.8) is 0 Å². The van der Waals surface area contributed by atoms with Crippen LogP contribution in [0.15, 0.2) is 24.3 Å². The Kier molecular flexibility index (Phi) is 8.12. The van der Waals surface area contributed by atoms with Crippen LogP contribution in [-0.4, -0.2) is 36.9 Å². The van der Waals surface area contributed by atoms with Crippen LogP contribution in [0.1, 0.15) is 53.3 Å². The van der Waals surface area contributed by atoms with E-state index in [1.807, 2.05) is 0 Å². The van der Waals surface area contributed by atoms with Crippen LogP contribution in [0.25, 0.3) is 0 Å². The lowest BCUT2D eigenvalue weighted by Gasteiger charge is -2.06. The minimum atomic E-state index is -0.525. The lowest BCUT2D eigenvalue weighted by atomic mass is 10.1. The number of aliphatic hydroxyl groups excluding tert-OH is 1. The van der Waals surface area contributed by atoms with Gasteiger partial charge in [-0.3, -0.25) is 0 Å². The summed E-state index contributed by atoms with van der Waals surface area (Å²) >= 11 is 0.